The van der Waals surface area contributed by atoms with Gasteiger partial charge in [0.05, 0.1) is 10.5 Å². The molecular weight excluding hydrogens is 281 g/mol. The summed E-state index contributed by atoms with van der Waals surface area (Å²) in [6.45, 7) is 1.68. The fraction of sp³-hybridized carbons (Fsp3) is 0.0769. The largest absolute Gasteiger partial charge is 0.263 e. The van der Waals surface area contributed by atoms with Crippen molar-refractivity contribution in [2.75, 3.05) is 4.72 Å². The van der Waals surface area contributed by atoms with Gasteiger partial charge in [0.15, 0.2) is 5.82 Å². The molecule has 1 heterocycles. The van der Waals surface area contributed by atoms with Crippen molar-refractivity contribution in [3.05, 3.63) is 53.5 Å². The highest BCUT2D eigenvalue weighted by Crippen LogP contribution is 2.19. The van der Waals surface area contributed by atoms with Crippen LogP contribution in [0.4, 0.5) is 10.2 Å². The predicted octanol–water partition coefficient (Wildman–Crippen LogP) is 2.20. The highest BCUT2D eigenvalue weighted by atomic mass is 32.2. The van der Waals surface area contributed by atoms with Crippen molar-refractivity contribution in [1.82, 2.24) is 4.98 Å². The van der Waals surface area contributed by atoms with Crippen LogP contribution in [0.25, 0.3) is 0 Å². The maximum Gasteiger partial charge on any atom is 0.263 e. The number of pyridine rings is 1. The van der Waals surface area contributed by atoms with E-state index in [0.717, 1.165) is 24.3 Å². The summed E-state index contributed by atoms with van der Waals surface area (Å²) in [6.07, 6.45) is 1.40. The molecule has 0 unspecified atom stereocenters. The van der Waals surface area contributed by atoms with Crippen LogP contribution in [0.5, 0.6) is 0 Å². The molecule has 0 aliphatic carbocycles. The minimum atomic E-state index is -3.91. The molecule has 7 heteroatoms. The zero-order valence-electron chi connectivity index (χ0n) is 10.5. The molecule has 20 heavy (non-hydrogen) atoms. The summed E-state index contributed by atoms with van der Waals surface area (Å²) in [6, 6.07) is 7.87. The molecule has 0 bridgehead atoms. The third-order valence-corrected chi connectivity index (χ3v) is 3.98. The Morgan fingerprint density at radius 2 is 1.90 bits per heavy atom. The van der Waals surface area contributed by atoms with E-state index in [2.05, 4.69) is 9.71 Å². The number of anilines is 1. The van der Waals surface area contributed by atoms with Gasteiger partial charge in [-0.3, -0.25) is 4.72 Å². The molecule has 0 saturated carbocycles. The maximum atomic E-state index is 12.8. The third kappa shape index (κ3) is 2.75. The van der Waals surface area contributed by atoms with Gasteiger partial charge in [0, 0.05) is 6.20 Å². The number of aromatic nitrogens is 1. The predicted molar refractivity (Wildman–Crippen MR) is 70.9 cm³/mol. The Balaban J connectivity index is 2.42. The van der Waals surface area contributed by atoms with E-state index >= 15 is 0 Å². The average molecular weight is 291 g/mol. The summed E-state index contributed by atoms with van der Waals surface area (Å²) < 4.78 is 39.3. The second-order valence-corrected chi connectivity index (χ2v) is 5.71. The van der Waals surface area contributed by atoms with Gasteiger partial charge in [-0.05, 0) is 42.8 Å². The molecule has 0 atom stereocenters. The first kappa shape index (κ1) is 14.0. The van der Waals surface area contributed by atoms with Crippen LogP contribution in [-0.2, 0) is 10.0 Å². The Morgan fingerprint density at radius 3 is 2.50 bits per heavy atom. The number of aryl methyl sites for hydroxylation is 1. The molecule has 0 radical (unpaired) electrons. The number of nitriles is 1. The van der Waals surface area contributed by atoms with E-state index in [9.17, 15) is 12.8 Å². The number of benzene rings is 1. The van der Waals surface area contributed by atoms with E-state index < -0.39 is 15.8 Å². The first-order chi connectivity index (χ1) is 9.44. The molecule has 2 aromatic rings. The molecule has 5 nitrogen and oxygen atoms in total. The van der Waals surface area contributed by atoms with Crippen LogP contribution in [0, 0.1) is 24.1 Å². The van der Waals surface area contributed by atoms with Gasteiger partial charge in [-0.2, -0.15) is 5.26 Å². The van der Waals surface area contributed by atoms with Crippen molar-refractivity contribution in [3.8, 4) is 6.07 Å². The molecule has 2 rings (SSSR count). The standard InChI is InChI=1S/C13H10FN3O2S/c1-9-6-7-16-13(12(9)8-15)17-20(18,19)11-4-2-10(14)3-5-11/h2-7H,1H3,(H,16,17). The van der Waals surface area contributed by atoms with Crippen molar-refractivity contribution < 1.29 is 12.8 Å². The normalized spacial score (nSPS) is 10.8. The Bertz CT molecular complexity index is 780. The van der Waals surface area contributed by atoms with E-state index in [1.165, 1.54) is 6.20 Å². The lowest BCUT2D eigenvalue weighted by atomic mass is 10.2. The van der Waals surface area contributed by atoms with Crippen LogP contribution in [0.3, 0.4) is 0 Å². The fourth-order valence-corrected chi connectivity index (χ4v) is 2.60. The lowest BCUT2D eigenvalue weighted by molar-refractivity contribution is 0.599. The Hall–Kier alpha value is -2.46. The number of nitrogens with zero attached hydrogens (tertiary/aromatic N) is 2. The molecule has 1 N–H and O–H groups in total. The van der Waals surface area contributed by atoms with Crippen molar-refractivity contribution in [3.63, 3.8) is 0 Å². The highest BCUT2D eigenvalue weighted by molar-refractivity contribution is 7.92. The van der Waals surface area contributed by atoms with Crippen LogP contribution < -0.4 is 4.72 Å². The number of hydrogen-bond donors (Lipinski definition) is 1. The zero-order chi connectivity index (χ0) is 14.8. The highest BCUT2D eigenvalue weighted by Gasteiger charge is 2.17. The molecule has 0 amide bonds. The summed E-state index contributed by atoms with van der Waals surface area (Å²) in [5, 5.41) is 9.03. The van der Waals surface area contributed by atoms with Gasteiger partial charge < -0.3 is 0 Å². The number of rotatable bonds is 3. The van der Waals surface area contributed by atoms with E-state index in [-0.39, 0.29) is 16.3 Å². The SMILES string of the molecule is Cc1ccnc(NS(=O)(=O)c2ccc(F)cc2)c1C#N. The van der Waals surface area contributed by atoms with Crippen molar-refractivity contribution >= 4 is 15.8 Å². The molecule has 0 saturated heterocycles. The number of sulfonamides is 1. The van der Waals surface area contributed by atoms with E-state index in [0.29, 0.717) is 5.56 Å². The summed E-state index contributed by atoms with van der Waals surface area (Å²) in [5.41, 5.74) is 0.762. The lowest BCUT2D eigenvalue weighted by Gasteiger charge is -2.09. The first-order valence-electron chi connectivity index (χ1n) is 5.58. The monoisotopic (exact) mass is 291 g/mol. The Labute approximate surface area is 115 Å². The fourth-order valence-electron chi connectivity index (χ4n) is 1.58. The maximum absolute atomic E-state index is 12.8. The quantitative estimate of drug-likeness (QED) is 0.939. The lowest BCUT2D eigenvalue weighted by Crippen LogP contribution is -2.15. The van der Waals surface area contributed by atoms with Gasteiger partial charge >= 0.3 is 0 Å². The Morgan fingerprint density at radius 1 is 1.25 bits per heavy atom. The van der Waals surface area contributed by atoms with Gasteiger partial charge in [-0.15, -0.1) is 0 Å². The van der Waals surface area contributed by atoms with E-state index in [4.69, 9.17) is 5.26 Å². The second-order valence-electron chi connectivity index (χ2n) is 4.02. The van der Waals surface area contributed by atoms with Crippen molar-refractivity contribution in [2.45, 2.75) is 11.8 Å². The number of nitrogens with one attached hydrogen (secondary N) is 1. The van der Waals surface area contributed by atoms with Crippen molar-refractivity contribution in [1.29, 1.82) is 5.26 Å². The molecule has 1 aromatic carbocycles. The van der Waals surface area contributed by atoms with Gasteiger partial charge in [0.25, 0.3) is 10.0 Å². The van der Waals surface area contributed by atoms with Gasteiger partial charge in [-0.25, -0.2) is 17.8 Å². The molecule has 1 aromatic heterocycles. The summed E-state index contributed by atoms with van der Waals surface area (Å²) in [7, 11) is -3.91. The summed E-state index contributed by atoms with van der Waals surface area (Å²) in [5.74, 6) is -0.577. The van der Waals surface area contributed by atoms with Crippen molar-refractivity contribution in [2.24, 2.45) is 0 Å². The van der Waals surface area contributed by atoms with Crippen LogP contribution in [-0.4, -0.2) is 13.4 Å². The second kappa shape index (κ2) is 5.27. The van der Waals surface area contributed by atoms with Crippen LogP contribution >= 0.6 is 0 Å². The summed E-state index contributed by atoms with van der Waals surface area (Å²) in [4.78, 5) is 3.75. The van der Waals surface area contributed by atoms with Crippen LogP contribution in [0.15, 0.2) is 41.4 Å². The third-order valence-electron chi connectivity index (χ3n) is 2.63. The molecule has 0 spiro atoms. The average Bonchev–Trinajstić information content (AvgIpc) is 2.39. The minimum absolute atomic E-state index is 0.0446. The molecule has 0 aliphatic rings. The Kier molecular flexibility index (Phi) is 3.68. The molecule has 0 aliphatic heterocycles. The first-order valence-corrected chi connectivity index (χ1v) is 7.06. The molecule has 0 fully saturated rings. The smallest absolute Gasteiger partial charge is 0.262 e. The van der Waals surface area contributed by atoms with Gasteiger partial charge in [-0.1, -0.05) is 0 Å². The summed E-state index contributed by atoms with van der Waals surface area (Å²) >= 11 is 0. The van der Waals surface area contributed by atoms with Crippen LogP contribution in [0.2, 0.25) is 0 Å². The van der Waals surface area contributed by atoms with E-state index in [1.807, 2.05) is 6.07 Å². The van der Waals surface area contributed by atoms with E-state index in [1.54, 1.807) is 13.0 Å². The molecular formula is C13H10FN3O2S. The van der Waals surface area contributed by atoms with Crippen LogP contribution in [0.1, 0.15) is 11.1 Å². The number of hydrogen-bond acceptors (Lipinski definition) is 4. The molecule has 102 valence electrons. The van der Waals surface area contributed by atoms with Gasteiger partial charge in [0.2, 0.25) is 0 Å². The minimum Gasteiger partial charge on any atom is -0.262 e. The topological polar surface area (TPSA) is 82.8 Å². The van der Waals surface area contributed by atoms with Gasteiger partial charge in [0.1, 0.15) is 11.9 Å². The number of halogens is 1. The zero-order valence-corrected chi connectivity index (χ0v) is 11.3.